The number of aromatic nitrogens is 1. The van der Waals surface area contributed by atoms with Gasteiger partial charge in [-0.2, -0.15) is 4.57 Å². The third kappa shape index (κ3) is 3.84. The smallest absolute Gasteiger partial charge is 0.213 e. The van der Waals surface area contributed by atoms with Crippen molar-refractivity contribution >= 4 is 16.5 Å². The SMILES string of the molecule is COc1cc2c(cc1OC)-c1cc3ccc(OC)c(NCc4ccc(C)cc4)c3c[n+]1CC2. The van der Waals surface area contributed by atoms with Crippen molar-refractivity contribution in [3.8, 4) is 28.5 Å². The van der Waals surface area contributed by atoms with Crippen molar-refractivity contribution < 1.29 is 18.8 Å². The third-order valence-electron chi connectivity index (χ3n) is 6.44. The van der Waals surface area contributed by atoms with Gasteiger partial charge < -0.3 is 19.5 Å². The summed E-state index contributed by atoms with van der Waals surface area (Å²) < 4.78 is 19.1. The van der Waals surface area contributed by atoms with Gasteiger partial charge in [-0.3, -0.25) is 0 Å². The maximum absolute atomic E-state index is 5.71. The van der Waals surface area contributed by atoms with Crippen molar-refractivity contribution in [1.82, 2.24) is 0 Å². The molecule has 0 saturated heterocycles. The maximum Gasteiger partial charge on any atom is 0.213 e. The Morgan fingerprint density at radius 3 is 2.30 bits per heavy atom. The first kappa shape index (κ1) is 21.1. The summed E-state index contributed by atoms with van der Waals surface area (Å²) >= 11 is 0. The molecule has 1 aliphatic heterocycles. The summed E-state index contributed by atoms with van der Waals surface area (Å²) in [5.41, 5.74) is 7.16. The van der Waals surface area contributed by atoms with Gasteiger partial charge in [-0.1, -0.05) is 35.9 Å². The topological polar surface area (TPSA) is 43.6 Å². The second kappa shape index (κ2) is 8.66. The Morgan fingerprint density at radius 1 is 0.848 bits per heavy atom. The molecule has 0 amide bonds. The predicted octanol–water partition coefficient (Wildman–Crippen LogP) is 5.30. The number of nitrogens with zero attached hydrogens (tertiary/aromatic N) is 1. The van der Waals surface area contributed by atoms with Gasteiger partial charge in [0.1, 0.15) is 5.75 Å². The van der Waals surface area contributed by atoms with Crippen LogP contribution >= 0.6 is 0 Å². The Morgan fingerprint density at radius 2 is 1.58 bits per heavy atom. The molecule has 0 radical (unpaired) electrons. The Labute approximate surface area is 194 Å². The fourth-order valence-corrected chi connectivity index (χ4v) is 4.61. The molecular formula is C28H29N2O3+. The van der Waals surface area contributed by atoms with Crippen molar-refractivity contribution in [1.29, 1.82) is 0 Å². The summed E-state index contributed by atoms with van der Waals surface area (Å²) in [5, 5.41) is 5.94. The van der Waals surface area contributed by atoms with Crippen LogP contribution in [0.25, 0.3) is 22.0 Å². The molecule has 33 heavy (non-hydrogen) atoms. The Hall–Kier alpha value is -3.73. The lowest BCUT2D eigenvalue weighted by Crippen LogP contribution is -2.40. The van der Waals surface area contributed by atoms with Gasteiger partial charge >= 0.3 is 0 Å². The van der Waals surface area contributed by atoms with Crippen molar-refractivity contribution in [2.45, 2.75) is 26.4 Å². The van der Waals surface area contributed by atoms with Gasteiger partial charge in [-0.15, -0.1) is 0 Å². The molecule has 0 bridgehead atoms. The number of ether oxygens (including phenoxy) is 3. The number of hydrogen-bond donors (Lipinski definition) is 1. The molecule has 0 fully saturated rings. The van der Waals surface area contributed by atoms with E-state index in [1.54, 1.807) is 21.3 Å². The number of nitrogens with one attached hydrogen (secondary N) is 1. The van der Waals surface area contributed by atoms with E-state index in [9.17, 15) is 0 Å². The second-order valence-corrected chi connectivity index (χ2v) is 8.45. The average Bonchev–Trinajstić information content (AvgIpc) is 2.86. The van der Waals surface area contributed by atoms with Crippen molar-refractivity contribution in [2.75, 3.05) is 26.6 Å². The van der Waals surface area contributed by atoms with Crippen LogP contribution in [0.15, 0.2) is 60.8 Å². The van der Waals surface area contributed by atoms with Gasteiger partial charge in [0.2, 0.25) is 5.69 Å². The van der Waals surface area contributed by atoms with Gasteiger partial charge in [0.25, 0.3) is 0 Å². The van der Waals surface area contributed by atoms with Crippen LogP contribution in [0.5, 0.6) is 17.2 Å². The Kier molecular flexibility index (Phi) is 5.55. The highest BCUT2D eigenvalue weighted by Gasteiger charge is 2.27. The van der Waals surface area contributed by atoms with Crippen LogP contribution in [-0.4, -0.2) is 21.3 Å². The number of anilines is 1. The lowest BCUT2D eigenvalue weighted by atomic mass is 9.95. The molecule has 5 rings (SSSR count). The highest BCUT2D eigenvalue weighted by Crippen LogP contribution is 2.39. The molecule has 5 heteroatoms. The fraction of sp³-hybridized carbons (Fsp3) is 0.250. The monoisotopic (exact) mass is 441 g/mol. The maximum atomic E-state index is 5.71. The fourth-order valence-electron chi connectivity index (χ4n) is 4.61. The molecular weight excluding hydrogens is 412 g/mol. The Balaban J connectivity index is 1.59. The Bertz CT molecular complexity index is 1330. The van der Waals surface area contributed by atoms with E-state index >= 15 is 0 Å². The van der Waals surface area contributed by atoms with Gasteiger partial charge in [0.15, 0.2) is 24.2 Å². The summed E-state index contributed by atoms with van der Waals surface area (Å²) in [4.78, 5) is 0. The van der Waals surface area contributed by atoms with E-state index in [2.05, 4.69) is 71.5 Å². The van der Waals surface area contributed by atoms with Crippen LogP contribution in [0, 0.1) is 6.92 Å². The van der Waals surface area contributed by atoms with Crippen LogP contribution in [0.4, 0.5) is 5.69 Å². The number of fused-ring (bicyclic) bond motifs is 4. The van der Waals surface area contributed by atoms with Crippen LogP contribution in [0.2, 0.25) is 0 Å². The zero-order valence-electron chi connectivity index (χ0n) is 19.6. The number of methoxy groups -OCH3 is 3. The third-order valence-corrected chi connectivity index (χ3v) is 6.44. The molecule has 3 aromatic carbocycles. The van der Waals surface area contributed by atoms with E-state index in [-0.39, 0.29) is 0 Å². The summed E-state index contributed by atoms with van der Waals surface area (Å²) in [6.45, 7) is 3.74. The molecule has 0 unspecified atom stereocenters. The van der Waals surface area contributed by atoms with Gasteiger partial charge in [-0.05, 0) is 41.6 Å². The molecule has 0 spiro atoms. The molecule has 5 nitrogen and oxygen atoms in total. The highest BCUT2D eigenvalue weighted by molar-refractivity contribution is 5.97. The van der Waals surface area contributed by atoms with E-state index in [0.29, 0.717) is 0 Å². The zero-order valence-corrected chi connectivity index (χ0v) is 19.6. The van der Waals surface area contributed by atoms with Gasteiger partial charge in [0.05, 0.1) is 38.0 Å². The largest absolute Gasteiger partial charge is 0.495 e. The number of benzene rings is 3. The number of aryl methyl sites for hydroxylation is 3. The minimum Gasteiger partial charge on any atom is -0.495 e. The van der Waals surface area contributed by atoms with E-state index in [0.717, 1.165) is 53.2 Å². The van der Waals surface area contributed by atoms with Gasteiger partial charge in [0, 0.05) is 19.0 Å². The lowest BCUT2D eigenvalue weighted by Gasteiger charge is -2.19. The van der Waals surface area contributed by atoms with Crippen LogP contribution < -0.4 is 24.1 Å². The molecule has 168 valence electrons. The number of rotatable bonds is 6. The number of pyridine rings is 1. The second-order valence-electron chi connectivity index (χ2n) is 8.45. The summed E-state index contributed by atoms with van der Waals surface area (Å²) in [6, 6.07) is 19.2. The molecule has 1 aromatic heterocycles. The summed E-state index contributed by atoms with van der Waals surface area (Å²) in [7, 11) is 5.08. The molecule has 1 aliphatic rings. The standard InChI is InChI=1S/C28H28N2O3/c1-18-5-7-19(8-6-18)16-29-28-23-17-30-12-11-21-14-26(32-3)27(33-4)15-22(21)24(30)13-20(23)9-10-25(28)31-2/h5-10,13-15,17H,11-12,16H2,1-4H3/p+1. The molecule has 4 aromatic rings. The summed E-state index contributed by atoms with van der Waals surface area (Å²) in [5.74, 6) is 2.37. The van der Waals surface area contributed by atoms with Crippen molar-refractivity contribution in [3.63, 3.8) is 0 Å². The lowest BCUT2D eigenvalue weighted by molar-refractivity contribution is -0.686. The minimum atomic E-state index is 0.733. The van der Waals surface area contributed by atoms with Gasteiger partial charge in [-0.25, -0.2) is 0 Å². The first-order chi connectivity index (χ1) is 16.1. The molecule has 0 aliphatic carbocycles. The molecule has 0 saturated carbocycles. The van der Waals surface area contributed by atoms with Crippen LogP contribution in [-0.2, 0) is 19.5 Å². The van der Waals surface area contributed by atoms with E-state index in [1.807, 2.05) is 6.07 Å². The zero-order chi connectivity index (χ0) is 22.9. The average molecular weight is 442 g/mol. The van der Waals surface area contributed by atoms with E-state index < -0.39 is 0 Å². The first-order valence-corrected chi connectivity index (χ1v) is 11.2. The van der Waals surface area contributed by atoms with Crippen LogP contribution in [0.1, 0.15) is 16.7 Å². The predicted molar refractivity (Wildman–Crippen MR) is 131 cm³/mol. The number of hydrogen-bond acceptors (Lipinski definition) is 4. The molecule has 0 atom stereocenters. The highest BCUT2D eigenvalue weighted by atomic mass is 16.5. The minimum absolute atomic E-state index is 0.733. The molecule has 1 N–H and O–H groups in total. The normalized spacial score (nSPS) is 12.1. The van der Waals surface area contributed by atoms with Crippen molar-refractivity contribution in [2.24, 2.45) is 0 Å². The van der Waals surface area contributed by atoms with E-state index in [1.165, 1.54) is 27.9 Å². The summed E-state index contributed by atoms with van der Waals surface area (Å²) in [6.07, 6.45) is 3.18. The van der Waals surface area contributed by atoms with Crippen LogP contribution in [0.3, 0.4) is 0 Å². The van der Waals surface area contributed by atoms with E-state index in [4.69, 9.17) is 14.2 Å². The first-order valence-electron chi connectivity index (χ1n) is 11.2. The quantitative estimate of drug-likeness (QED) is 0.413. The van der Waals surface area contributed by atoms with Crippen molar-refractivity contribution in [3.05, 3.63) is 77.5 Å². The molecule has 2 heterocycles.